The number of carboxylic acids is 1. The Labute approximate surface area is 201 Å². The molecule has 35 heavy (non-hydrogen) atoms. The summed E-state index contributed by atoms with van der Waals surface area (Å²) < 4.78 is 0. The molecule has 1 aliphatic rings. The van der Waals surface area contributed by atoms with Gasteiger partial charge < -0.3 is 36.6 Å². The smallest absolute Gasteiger partial charge is 0.305 e. The van der Waals surface area contributed by atoms with E-state index in [-0.39, 0.29) is 23.6 Å². The fraction of sp³-hybridized carbons (Fsp3) is 0.348. The van der Waals surface area contributed by atoms with Gasteiger partial charge in [0.1, 0.15) is 17.3 Å². The van der Waals surface area contributed by atoms with Crippen molar-refractivity contribution in [3.63, 3.8) is 0 Å². The summed E-state index contributed by atoms with van der Waals surface area (Å²) >= 11 is 0. The number of carbonyl (C=O) groups excluding carboxylic acids is 2. The molecule has 2 unspecified atom stereocenters. The van der Waals surface area contributed by atoms with Gasteiger partial charge in [0.2, 0.25) is 5.91 Å². The number of aromatic nitrogens is 1. The first-order valence-electron chi connectivity index (χ1n) is 10.9. The zero-order valence-corrected chi connectivity index (χ0v) is 19.3. The number of hydrogen-bond donors (Lipinski definition) is 7. The number of amides is 2. The summed E-state index contributed by atoms with van der Waals surface area (Å²) in [4.78, 5) is 44.7. The van der Waals surface area contributed by atoms with Gasteiger partial charge in [-0.25, -0.2) is 4.98 Å². The number of rotatable bonds is 8. The quantitative estimate of drug-likeness (QED) is 0.275. The molecule has 2 heterocycles. The van der Waals surface area contributed by atoms with Crippen molar-refractivity contribution >= 4 is 29.6 Å². The Bertz CT molecular complexity index is 1150. The van der Waals surface area contributed by atoms with Crippen LogP contribution >= 0.6 is 0 Å². The summed E-state index contributed by atoms with van der Waals surface area (Å²) in [5, 5.41) is 40.0. The van der Waals surface area contributed by atoms with E-state index in [1.165, 1.54) is 6.07 Å². The van der Waals surface area contributed by atoms with Crippen LogP contribution in [-0.2, 0) is 9.59 Å². The number of carboxylic acid groups (broad SMARTS) is 1. The third-order valence-electron chi connectivity index (χ3n) is 5.17. The maximum atomic E-state index is 12.5. The van der Waals surface area contributed by atoms with Gasteiger partial charge in [0, 0.05) is 12.1 Å². The number of aliphatic imine (C=N–C) groups is 1. The van der Waals surface area contributed by atoms with E-state index in [1.54, 1.807) is 38.1 Å². The summed E-state index contributed by atoms with van der Waals surface area (Å²) in [6.07, 6.45) is -1.01. The van der Waals surface area contributed by atoms with Crippen molar-refractivity contribution in [1.82, 2.24) is 20.9 Å². The van der Waals surface area contributed by atoms with Crippen molar-refractivity contribution < 1.29 is 29.7 Å². The van der Waals surface area contributed by atoms with Gasteiger partial charge in [0.15, 0.2) is 5.96 Å². The fourth-order valence-electron chi connectivity index (χ4n) is 3.54. The number of phenolic OH excluding ortho intramolecular Hbond substituents is 1. The first-order chi connectivity index (χ1) is 16.6. The molecule has 1 aromatic carbocycles. The highest BCUT2D eigenvalue weighted by Gasteiger charge is 2.23. The molecule has 1 aromatic heterocycles. The molecule has 7 N–H and O–H groups in total. The third kappa shape index (κ3) is 7.14. The topological polar surface area (TPSA) is 185 Å². The molecule has 1 aliphatic heterocycles. The van der Waals surface area contributed by atoms with Gasteiger partial charge in [-0.05, 0) is 31.5 Å². The van der Waals surface area contributed by atoms with Crippen molar-refractivity contribution in [2.45, 2.75) is 32.4 Å². The van der Waals surface area contributed by atoms with Gasteiger partial charge >= 0.3 is 5.97 Å². The monoisotopic (exact) mass is 484 g/mol. The lowest BCUT2D eigenvalue weighted by molar-refractivity contribution is -0.137. The number of benzene rings is 1. The van der Waals surface area contributed by atoms with Crippen LogP contribution in [-0.4, -0.2) is 69.8 Å². The van der Waals surface area contributed by atoms with Gasteiger partial charge in [0.25, 0.3) is 5.91 Å². The number of aryl methyl sites for hydroxylation is 2. The number of pyridine rings is 1. The van der Waals surface area contributed by atoms with Crippen LogP contribution in [0.25, 0.3) is 0 Å². The molecule has 12 heteroatoms. The van der Waals surface area contributed by atoms with Crippen molar-refractivity contribution in [1.29, 1.82) is 0 Å². The molecular weight excluding hydrogens is 456 g/mol. The molecule has 2 aromatic rings. The number of aliphatic hydroxyl groups excluding tert-OH is 1. The molecule has 2 atom stereocenters. The first kappa shape index (κ1) is 25.4. The Morgan fingerprint density at radius 3 is 2.69 bits per heavy atom. The molecule has 2 amide bonds. The van der Waals surface area contributed by atoms with Crippen molar-refractivity contribution in [2.24, 2.45) is 4.99 Å². The molecule has 3 rings (SSSR count). The van der Waals surface area contributed by atoms with E-state index >= 15 is 0 Å². The second-order valence-corrected chi connectivity index (χ2v) is 8.18. The zero-order valence-electron chi connectivity index (χ0n) is 19.3. The molecule has 0 bridgehead atoms. The number of phenols is 1. The zero-order chi connectivity index (χ0) is 25.5. The predicted octanol–water partition coefficient (Wildman–Crippen LogP) is 0.198. The molecule has 0 radical (unpaired) electrons. The van der Waals surface area contributed by atoms with Crippen LogP contribution < -0.4 is 21.3 Å². The molecule has 12 nitrogen and oxygen atoms in total. The van der Waals surface area contributed by atoms with Crippen LogP contribution in [0.1, 0.15) is 39.6 Å². The lowest BCUT2D eigenvalue weighted by atomic mass is 9.97. The van der Waals surface area contributed by atoms with Gasteiger partial charge in [-0.3, -0.25) is 19.4 Å². The Kier molecular flexibility index (Phi) is 8.21. The maximum absolute atomic E-state index is 12.5. The number of β-amino-alcohol motifs (C(OH)–C–C–N with tert-alkyl or cyclic N) is 1. The highest BCUT2D eigenvalue weighted by molar-refractivity contribution is 5.97. The fourth-order valence-corrected chi connectivity index (χ4v) is 3.54. The molecular formula is C23H28N6O6. The molecule has 0 saturated heterocycles. The number of guanidine groups is 1. The van der Waals surface area contributed by atoms with E-state index in [1.807, 2.05) is 0 Å². The lowest BCUT2D eigenvalue weighted by Gasteiger charge is -2.20. The standard InChI is InChI=1S/C23H28N6O6/c1-12-6-13(2)21(34)15(7-12)17(8-20(32)33)28-19(31)11-24-22(35)16-4-3-5-18(27-16)29-23-25-9-14(30)10-26-23/h3-7,14,17,30,34H,8-11H2,1-2H3,(H,24,35)(H,28,31)(H,32,33)(H2,25,26,27,29). The average molecular weight is 485 g/mol. The minimum atomic E-state index is -1.15. The Hall–Kier alpha value is -4.19. The summed E-state index contributed by atoms with van der Waals surface area (Å²) in [6, 6.07) is 7.08. The first-order valence-corrected chi connectivity index (χ1v) is 10.9. The number of aromatic hydroxyl groups is 1. The number of nitrogens with zero attached hydrogens (tertiary/aromatic N) is 2. The van der Waals surface area contributed by atoms with Crippen LogP contribution in [0.5, 0.6) is 5.75 Å². The molecule has 0 fully saturated rings. The molecule has 0 spiro atoms. The number of carbonyl (C=O) groups is 3. The lowest BCUT2D eigenvalue weighted by Crippen LogP contribution is -2.42. The van der Waals surface area contributed by atoms with Crippen LogP contribution in [0, 0.1) is 13.8 Å². The molecule has 0 aliphatic carbocycles. The van der Waals surface area contributed by atoms with Crippen LogP contribution in [0.3, 0.4) is 0 Å². The van der Waals surface area contributed by atoms with Crippen LogP contribution in [0.15, 0.2) is 35.3 Å². The predicted molar refractivity (Wildman–Crippen MR) is 127 cm³/mol. The van der Waals surface area contributed by atoms with Gasteiger partial charge in [-0.2, -0.15) is 0 Å². The van der Waals surface area contributed by atoms with Gasteiger partial charge in [0.05, 0.1) is 31.7 Å². The number of hydrogen-bond acceptors (Lipinski definition) is 9. The molecule has 0 saturated carbocycles. The van der Waals surface area contributed by atoms with E-state index in [0.717, 1.165) is 5.56 Å². The highest BCUT2D eigenvalue weighted by Crippen LogP contribution is 2.31. The normalized spacial score (nSPS) is 15.9. The summed E-state index contributed by atoms with van der Waals surface area (Å²) in [6.45, 7) is 3.64. The molecule has 186 valence electrons. The second kappa shape index (κ2) is 11.3. The second-order valence-electron chi connectivity index (χ2n) is 8.18. The minimum absolute atomic E-state index is 0.0493. The van der Waals surface area contributed by atoms with E-state index in [9.17, 15) is 29.7 Å². The van der Waals surface area contributed by atoms with Crippen molar-refractivity contribution in [3.05, 3.63) is 52.7 Å². The third-order valence-corrected chi connectivity index (χ3v) is 5.17. The van der Waals surface area contributed by atoms with E-state index in [2.05, 4.69) is 31.2 Å². The number of aliphatic carboxylic acids is 1. The Balaban J connectivity index is 1.62. The van der Waals surface area contributed by atoms with E-state index in [0.29, 0.717) is 23.9 Å². The summed E-state index contributed by atoms with van der Waals surface area (Å²) in [5.41, 5.74) is 1.70. The largest absolute Gasteiger partial charge is 0.507 e. The van der Waals surface area contributed by atoms with Crippen LogP contribution in [0.4, 0.5) is 5.82 Å². The van der Waals surface area contributed by atoms with Crippen molar-refractivity contribution in [3.8, 4) is 5.75 Å². The Morgan fingerprint density at radius 1 is 1.23 bits per heavy atom. The Morgan fingerprint density at radius 2 is 2.00 bits per heavy atom. The van der Waals surface area contributed by atoms with Crippen molar-refractivity contribution in [2.75, 3.05) is 25.0 Å². The average Bonchev–Trinajstić information content (AvgIpc) is 2.81. The number of anilines is 1. The summed E-state index contributed by atoms with van der Waals surface area (Å²) in [7, 11) is 0. The summed E-state index contributed by atoms with van der Waals surface area (Å²) in [5.74, 6) is -1.72. The van der Waals surface area contributed by atoms with Gasteiger partial charge in [-0.15, -0.1) is 0 Å². The van der Waals surface area contributed by atoms with Crippen LogP contribution in [0.2, 0.25) is 0 Å². The van der Waals surface area contributed by atoms with E-state index < -0.39 is 42.9 Å². The van der Waals surface area contributed by atoms with E-state index in [4.69, 9.17) is 0 Å². The highest BCUT2D eigenvalue weighted by atomic mass is 16.4. The number of nitrogens with one attached hydrogen (secondary N) is 4. The maximum Gasteiger partial charge on any atom is 0.305 e. The van der Waals surface area contributed by atoms with Gasteiger partial charge in [-0.1, -0.05) is 23.8 Å². The SMILES string of the molecule is Cc1cc(C)c(O)c(C(CC(=O)O)NC(=O)CNC(=O)c2cccc(NC3=NCC(O)CN3)n2)c1. The number of aliphatic hydroxyl groups is 1. The minimum Gasteiger partial charge on any atom is -0.507 e.